The summed E-state index contributed by atoms with van der Waals surface area (Å²) in [4.78, 5) is 27.1. The van der Waals surface area contributed by atoms with E-state index in [4.69, 9.17) is 10.00 Å². The highest BCUT2D eigenvalue weighted by molar-refractivity contribution is 7.98. The van der Waals surface area contributed by atoms with E-state index in [0.29, 0.717) is 10.6 Å². The second kappa shape index (κ2) is 8.11. The van der Waals surface area contributed by atoms with Crippen LogP contribution in [0.5, 0.6) is 0 Å². The number of hydrogen-bond donors (Lipinski definition) is 1. The minimum Gasteiger partial charge on any atom is -0.452 e. The third kappa shape index (κ3) is 4.97. The molecule has 0 fully saturated rings. The van der Waals surface area contributed by atoms with Crippen molar-refractivity contribution in [1.82, 2.24) is 10.3 Å². The largest absolute Gasteiger partial charge is 0.452 e. The number of carbonyl (C=O) groups excluding carboxylic acids is 2. The van der Waals surface area contributed by atoms with Gasteiger partial charge in [-0.2, -0.15) is 5.26 Å². The first kappa shape index (κ1) is 15.0. The molecule has 0 saturated carbocycles. The Bertz CT molecular complexity index is 499. The number of nitriles is 1. The first-order chi connectivity index (χ1) is 9.19. The van der Waals surface area contributed by atoms with Crippen molar-refractivity contribution in [3.63, 3.8) is 0 Å². The predicted octanol–water partition coefficient (Wildman–Crippen LogP) is 0.990. The number of rotatable bonds is 6. The molecular weight excluding hydrogens is 266 g/mol. The fourth-order valence-corrected chi connectivity index (χ4v) is 1.76. The number of nitrogens with one attached hydrogen (secondary N) is 1. The van der Waals surface area contributed by atoms with E-state index in [1.54, 1.807) is 24.6 Å². The number of ether oxygens (including phenoxy) is 1. The zero-order valence-corrected chi connectivity index (χ0v) is 11.2. The standard InChI is InChI=1S/C12H13N3O3S/c1-19-11-9(4-2-6-15-11)12(17)18-8-10(16)14-7-3-5-13/h2,4,6H,3,7-8H2,1H3,(H,14,16). The van der Waals surface area contributed by atoms with Crippen molar-refractivity contribution in [2.45, 2.75) is 11.4 Å². The van der Waals surface area contributed by atoms with Crippen molar-refractivity contribution >= 4 is 23.6 Å². The van der Waals surface area contributed by atoms with E-state index in [-0.39, 0.29) is 19.6 Å². The average molecular weight is 279 g/mol. The van der Waals surface area contributed by atoms with Gasteiger partial charge in [-0.1, -0.05) is 0 Å². The van der Waals surface area contributed by atoms with Crippen LogP contribution in [0.3, 0.4) is 0 Å². The van der Waals surface area contributed by atoms with Crippen molar-refractivity contribution < 1.29 is 14.3 Å². The van der Waals surface area contributed by atoms with Crippen LogP contribution in [0.1, 0.15) is 16.8 Å². The molecule has 0 aliphatic heterocycles. The van der Waals surface area contributed by atoms with Crippen molar-refractivity contribution in [3.8, 4) is 6.07 Å². The summed E-state index contributed by atoms with van der Waals surface area (Å²) in [6, 6.07) is 5.12. The maximum Gasteiger partial charge on any atom is 0.341 e. The van der Waals surface area contributed by atoms with Crippen LogP contribution in [-0.4, -0.2) is 36.3 Å². The van der Waals surface area contributed by atoms with Crippen LogP contribution in [0, 0.1) is 11.3 Å². The molecule has 0 aliphatic carbocycles. The molecule has 19 heavy (non-hydrogen) atoms. The lowest BCUT2D eigenvalue weighted by atomic mass is 10.3. The van der Waals surface area contributed by atoms with E-state index in [1.165, 1.54) is 11.8 Å². The molecule has 1 heterocycles. The van der Waals surface area contributed by atoms with Gasteiger partial charge in [-0.25, -0.2) is 9.78 Å². The Balaban J connectivity index is 2.47. The summed E-state index contributed by atoms with van der Waals surface area (Å²) in [7, 11) is 0. The second-order valence-corrected chi connectivity index (χ2v) is 4.19. The summed E-state index contributed by atoms with van der Waals surface area (Å²) in [6.07, 6.45) is 3.60. The average Bonchev–Trinajstić information content (AvgIpc) is 2.45. The highest BCUT2D eigenvalue weighted by atomic mass is 32.2. The number of aromatic nitrogens is 1. The molecule has 0 saturated heterocycles. The zero-order valence-electron chi connectivity index (χ0n) is 10.4. The Morgan fingerprint density at radius 1 is 1.58 bits per heavy atom. The molecule has 1 amide bonds. The first-order valence-electron chi connectivity index (χ1n) is 5.48. The summed E-state index contributed by atoms with van der Waals surface area (Å²) in [5.41, 5.74) is 0.333. The third-order valence-electron chi connectivity index (χ3n) is 2.08. The summed E-state index contributed by atoms with van der Waals surface area (Å²) in [5.74, 6) is -1.02. The Hall–Kier alpha value is -2.07. The summed E-state index contributed by atoms with van der Waals surface area (Å²) < 4.78 is 4.88. The lowest BCUT2D eigenvalue weighted by molar-refractivity contribution is -0.124. The highest BCUT2D eigenvalue weighted by Crippen LogP contribution is 2.17. The van der Waals surface area contributed by atoms with Gasteiger partial charge in [0.2, 0.25) is 0 Å². The van der Waals surface area contributed by atoms with Crippen molar-refractivity contribution in [1.29, 1.82) is 5.26 Å². The van der Waals surface area contributed by atoms with Gasteiger partial charge in [0, 0.05) is 12.7 Å². The van der Waals surface area contributed by atoms with Gasteiger partial charge in [0.25, 0.3) is 5.91 Å². The number of thioether (sulfide) groups is 1. The molecule has 1 rings (SSSR count). The minimum absolute atomic E-state index is 0.221. The molecule has 0 unspecified atom stereocenters. The van der Waals surface area contributed by atoms with Crippen LogP contribution >= 0.6 is 11.8 Å². The molecule has 0 radical (unpaired) electrons. The first-order valence-corrected chi connectivity index (χ1v) is 6.71. The van der Waals surface area contributed by atoms with Gasteiger partial charge in [0.15, 0.2) is 6.61 Å². The van der Waals surface area contributed by atoms with Crippen LogP contribution in [0.2, 0.25) is 0 Å². The van der Waals surface area contributed by atoms with Gasteiger partial charge in [0.1, 0.15) is 5.03 Å². The van der Waals surface area contributed by atoms with E-state index >= 15 is 0 Å². The van der Waals surface area contributed by atoms with Gasteiger partial charge in [-0.15, -0.1) is 11.8 Å². The van der Waals surface area contributed by atoms with Gasteiger partial charge >= 0.3 is 5.97 Å². The second-order valence-electron chi connectivity index (χ2n) is 3.39. The SMILES string of the molecule is CSc1ncccc1C(=O)OCC(=O)NCCC#N. The Kier molecular flexibility index (Phi) is 6.39. The van der Waals surface area contributed by atoms with Gasteiger partial charge in [0.05, 0.1) is 18.1 Å². The number of pyridine rings is 1. The van der Waals surface area contributed by atoms with E-state index < -0.39 is 11.9 Å². The summed E-state index contributed by atoms with van der Waals surface area (Å²) in [6.45, 7) is -0.122. The lowest BCUT2D eigenvalue weighted by Gasteiger charge is -2.07. The van der Waals surface area contributed by atoms with Crippen LogP contribution in [0.25, 0.3) is 0 Å². The van der Waals surface area contributed by atoms with E-state index in [9.17, 15) is 9.59 Å². The highest BCUT2D eigenvalue weighted by Gasteiger charge is 2.14. The van der Waals surface area contributed by atoms with Crippen LogP contribution < -0.4 is 5.32 Å². The van der Waals surface area contributed by atoms with Crippen LogP contribution in [-0.2, 0) is 9.53 Å². The quantitative estimate of drug-likeness (QED) is 0.474. The fourth-order valence-electron chi connectivity index (χ4n) is 1.23. The Morgan fingerprint density at radius 3 is 3.05 bits per heavy atom. The summed E-state index contributed by atoms with van der Waals surface area (Å²) in [5, 5.41) is 11.3. The predicted molar refractivity (Wildman–Crippen MR) is 69.5 cm³/mol. The molecule has 1 N–H and O–H groups in total. The van der Waals surface area contributed by atoms with Crippen LogP contribution in [0.4, 0.5) is 0 Å². The van der Waals surface area contributed by atoms with Crippen molar-refractivity contribution in [3.05, 3.63) is 23.9 Å². The third-order valence-corrected chi connectivity index (χ3v) is 2.79. The molecule has 0 aromatic carbocycles. The van der Waals surface area contributed by atoms with E-state index in [1.807, 2.05) is 6.07 Å². The van der Waals surface area contributed by atoms with Crippen molar-refractivity contribution in [2.75, 3.05) is 19.4 Å². The van der Waals surface area contributed by atoms with Gasteiger partial charge in [-0.05, 0) is 18.4 Å². The molecule has 0 atom stereocenters. The van der Waals surface area contributed by atoms with Gasteiger partial charge < -0.3 is 10.1 Å². The molecular formula is C12H13N3O3S. The molecule has 0 aliphatic rings. The Morgan fingerprint density at radius 2 is 2.37 bits per heavy atom. The molecule has 1 aromatic rings. The molecule has 1 aromatic heterocycles. The molecule has 0 bridgehead atoms. The number of hydrogen-bond acceptors (Lipinski definition) is 6. The zero-order chi connectivity index (χ0) is 14.1. The molecule has 6 nitrogen and oxygen atoms in total. The Labute approximate surface area is 115 Å². The molecule has 7 heteroatoms. The molecule has 0 spiro atoms. The lowest BCUT2D eigenvalue weighted by Crippen LogP contribution is -2.29. The minimum atomic E-state index is -0.590. The number of amides is 1. The normalized spacial score (nSPS) is 9.47. The maximum atomic E-state index is 11.8. The molecule has 100 valence electrons. The number of nitrogens with zero attached hydrogens (tertiary/aromatic N) is 2. The fraction of sp³-hybridized carbons (Fsp3) is 0.333. The number of esters is 1. The van der Waals surface area contributed by atoms with E-state index in [2.05, 4.69) is 10.3 Å². The number of carbonyl (C=O) groups is 2. The van der Waals surface area contributed by atoms with E-state index in [0.717, 1.165) is 0 Å². The smallest absolute Gasteiger partial charge is 0.341 e. The summed E-state index contributed by atoms with van der Waals surface area (Å²) >= 11 is 1.33. The van der Waals surface area contributed by atoms with Gasteiger partial charge in [-0.3, -0.25) is 4.79 Å². The van der Waals surface area contributed by atoms with Crippen LogP contribution in [0.15, 0.2) is 23.4 Å². The topological polar surface area (TPSA) is 92.1 Å². The van der Waals surface area contributed by atoms with Crippen molar-refractivity contribution in [2.24, 2.45) is 0 Å². The monoisotopic (exact) mass is 279 g/mol. The maximum absolute atomic E-state index is 11.8.